The molecule has 0 spiro atoms. The number of nitrogens with two attached hydrogens (primary N) is 2. The van der Waals surface area contributed by atoms with Gasteiger partial charge in [-0.2, -0.15) is 5.01 Å². The van der Waals surface area contributed by atoms with E-state index in [0.29, 0.717) is 0 Å². The second kappa shape index (κ2) is 4.05. The molecule has 0 aliphatic carbocycles. The molecule has 0 atom stereocenters. The summed E-state index contributed by atoms with van der Waals surface area (Å²) in [6.45, 7) is 4.77. The fourth-order valence-electron chi connectivity index (χ4n) is 0.513. The van der Waals surface area contributed by atoms with Crippen LogP contribution in [0.25, 0.3) is 0 Å². The lowest BCUT2D eigenvalue weighted by molar-refractivity contribution is -0.143. The summed E-state index contributed by atoms with van der Waals surface area (Å²) in [4.78, 5) is 32.2. The van der Waals surface area contributed by atoms with E-state index >= 15 is 0 Å². The summed E-state index contributed by atoms with van der Waals surface area (Å²) >= 11 is 0. The zero-order valence-corrected chi connectivity index (χ0v) is 8.23. The number of hydrazine groups is 1. The first-order valence-corrected chi connectivity index (χ1v) is 3.76. The zero-order valence-electron chi connectivity index (χ0n) is 8.23. The summed E-state index contributed by atoms with van der Waals surface area (Å²) in [6, 6.07) is 0. The first kappa shape index (κ1) is 12.4. The van der Waals surface area contributed by atoms with E-state index in [-0.39, 0.29) is 5.01 Å². The maximum Gasteiger partial charge on any atom is 0.432 e. The van der Waals surface area contributed by atoms with E-state index in [1.807, 2.05) is 0 Å². The van der Waals surface area contributed by atoms with Crippen LogP contribution in [0.5, 0.6) is 0 Å². The third kappa shape index (κ3) is 3.85. The molecule has 80 valence electrons. The van der Waals surface area contributed by atoms with Gasteiger partial charge in [0.2, 0.25) is 0 Å². The van der Waals surface area contributed by atoms with Gasteiger partial charge in [0.05, 0.1) is 0 Å². The number of primary amides is 1. The molecule has 0 saturated heterocycles. The van der Waals surface area contributed by atoms with E-state index < -0.39 is 23.5 Å². The van der Waals surface area contributed by atoms with E-state index in [9.17, 15) is 14.4 Å². The first-order chi connectivity index (χ1) is 6.15. The monoisotopic (exact) mass is 203 g/mol. The Labute approximate surface area is 80.9 Å². The Balaban J connectivity index is 4.42. The molecular weight excluding hydrogens is 190 g/mol. The molecule has 0 aromatic carbocycles. The molecule has 0 heterocycles. The molecule has 7 nitrogen and oxygen atoms in total. The Morgan fingerprint density at radius 1 is 1.21 bits per heavy atom. The second-order valence-electron chi connectivity index (χ2n) is 3.52. The standard InChI is InChI=1S/C7H13N3O4/c1-7(2,3)14-6(13)10(9)5(12)4(8)11/h9H2,1-3H3,(H2,8,11). The number of rotatable bonds is 0. The minimum atomic E-state index is -1.32. The highest BCUT2D eigenvalue weighted by Crippen LogP contribution is 2.08. The van der Waals surface area contributed by atoms with Crippen molar-refractivity contribution in [2.45, 2.75) is 26.4 Å². The molecule has 3 amide bonds. The van der Waals surface area contributed by atoms with Gasteiger partial charge in [-0.25, -0.2) is 10.6 Å². The lowest BCUT2D eigenvalue weighted by atomic mass is 10.2. The van der Waals surface area contributed by atoms with Gasteiger partial charge in [-0.05, 0) is 20.8 Å². The van der Waals surface area contributed by atoms with Crippen molar-refractivity contribution in [2.24, 2.45) is 11.6 Å². The average molecular weight is 203 g/mol. The van der Waals surface area contributed by atoms with Gasteiger partial charge in [0, 0.05) is 0 Å². The van der Waals surface area contributed by atoms with Gasteiger partial charge in [-0.1, -0.05) is 0 Å². The van der Waals surface area contributed by atoms with Crippen LogP contribution in [0.1, 0.15) is 20.8 Å². The number of amides is 3. The van der Waals surface area contributed by atoms with E-state index in [1.165, 1.54) is 0 Å². The van der Waals surface area contributed by atoms with Crippen LogP contribution in [0.3, 0.4) is 0 Å². The van der Waals surface area contributed by atoms with Crippen LogP contribution in [0, 0.1) is 0 Å². The Hall–Kier alpha value is -1.63. The van der Waals surface area contributed by atoms with Gasteiger partial charge in [0.25, 0.3) is 0 Å². The van der Waals surface area contributed by atoms with Crippen LogP contribution < -0.4 is 11.6 Å². The van der Waals surface area contributed by atoms with E-state index in [4.69, 9.17) is 10.6 Å². The normalized spacial score (nSPS) is 10.6. The lowest BCUT2D eigenvalue weighted by Gasteiger charge is -2.22. The van der Waals surface area contributed by atoms with E-state index in [2.05, 4.69) is 5.73 Å². The summed E-state index contributed by atoms with van der Waals surface area (Å²) < 4.78 is 4.70. The number of carbonyl (C=O) groups is 3. The quantitative estimate of drug-likeness (QED) is 0.229. The van der Waals surface area contributed by atoms with Crippen LogP contribution in [0.4, 0.5) is 4.79 Å². The molecule has 0 aromatic rings. The Kier molecular flexibility index (Phi) is 3.58. The summed E-state index contributed by atoms with van der Waals surface area (Å²) in [7, 11) is 0. The molecular formula is C7H13N3O4. The van der Waals surface area contributed by atoms with Crippen LogP contribution in [-0.4, -0.2) is 28.5 Å². The van der Waals surface area contributed by atoms with Crippen molar-refractivity contribution in [3.63, 3.8) is 0 Å². The molecule has 0 aliphatic heterocycles. The molecule has 0 aliphatic rings. The van der Waals surface area contributed by atoms with Crippen molar-refractivity contribution in [1.82, 2.24) is 5.01 Å². The first-order valence-electron chi connectivity index (χ1n) is 3.76. The number of hydrogen-bond acceptors (Lipinski definition) is 5. The lowest BCUT2D eigenvalue weighted by Crippen LogP contribution is -2.50. The molecule has 0 unspecified atom stereocenters. The van der Waals surface area contributed by atoms with Crippen molar-refractivity contribution < 1.29 is 19.1 Å². The predicted octanol–water partition coefficient (Wildman–Crippen LogP) is -0.891. The largest absolute Gasteiger partial charge is 0.442 e. The fraction of sp³-hybridized carbons (Fsp3) is 0.571. The van der Waals surface area contributed by atoms with Crippen LogP contribution in [-0.2, 0) is 14.3 Å². The van der Waals surface area contributed by atoms with Crippen molar-refractivity contribution >= 4 is 17.9 Å². The van der Waals surface area contributed by atoms with E-state index in [0.717, 1.165) is 0 Å². The van der Waals surface area contributed by atoms with Gasteiger partial charge >= 0.3 is 17.9 Å². The average Bonchev–Trinajstić information content (AvgIpc) is 1.98. The molecule has 4 N–H and O–H groups in total. The molecule has 0 radical (unpaired) electrons. The summed E-state index contributed by atoms with van der Waals surface area (Å²) in [6.07, 6.45) is -1.12. The van der Waals surface area contributed by atoms with Crippen LogP contribution >= 0.6 is 0 Å². The molecule has 0 fully saturated rings. The zero-order chi connectivity index (χ0) is 11.5. The summed E-state index contributed by atoms with van der Waals surface area (Å²) in [5.74, 6) is 2.34. The number of hydrogen-bond donors (Lipinski definition) is 2. The maximum atomic E-state index is 11.1. The van der Waals surface area contributed by atoms with Crippen LogP contribution in [0.2, 0.25) is 0 Å². The minimum Gasteiger partial charge on any atom is -0.442 e. The Bertz CT molecular complexity index is 269. The summed E-state index contributed by atoms with van der Waals surface area (Å²) in [5.41, 5.74) is 3.82. The maximum absolute atomic E-state index is 11.1. The highest BCUT2D eigenvalue weighted by Gasteiger charge is 2.27. The second-order valence-corrected chi connectivity index (χ2v) is 3.52. The molecule has 0 saturated carbocycles. The predicted molar refractivity (Wildman–Crippen MR) is 46.5 cm³/mol. The fourth-order valence-corrected chi connectivity index (χ4v) is 0.513. The van der Waals surface area contributed by atoms with E-state index in [1.54, 1.807) is 20.8 Å². The Morgan fingerprint density at radius 2 is 1.64 bits per heavy atom. The molecule has 14 heavy (non-hydrogen) atoms. The van der Waals surface area contributed by atoms with Gasteiger partial charge in [-0.3, -0.25) is 9.59 Å². The van der Waals surface area contributed by atoms with Gasteiger partial charge in [0.15, 0.2) is 0 Å². The topological polar surface area (TPSA) is 116 Å². The number of nitrogens with zero attached hydrogens (tertiary/aromatic N) is 1. The smallest absolute Gasteiger partial charge is 0.432 e. The number of carbonyl (C=O) groups excluding carboxylic acids is 3. The third-order valence-corrected chi connectivity index (χ3v) is 1.02. The highest BCUT2D eigenvalue weighted by atomic mass is 16.6. The molecule has 0 rings (SSSR count). The minimum absolute atomic E-state index is 0.0353. The highest BCUT2D eigenvalue weighted by molar-refractivity contribution is 6.36. The number of ether oxygens (including phenoxy) is 1. The SMILES string of the molecule is CC(C)(C)OC(=O)N(N)C(=O)C(N)=O. The molecule has 7 heteroatoms. The molecule has 0 bridgehead atoms. The van der Waals surface area contributed by atoms with Crippen molar-refractivity contribution in [2.75, 3.05) is 0 Å². The Morgan fingerprint density at radius 3 is 1.93 bits per heavy atom. The van der Waals surface area contributed by atoms with Crippen molar-refractivity contribution in [1.29, 1.82) is 0 Å². The summed E-state index contributed by atoms with van der Waals surface area (Å²) in [5, 5.41) is 0.0353. The van der Waals surface area contributed by atoms with Crippen LogP contribution in [0.15, 0.2) is 0 Å². The van der Waals surface area contributed by atoms with Gasteiger partial charge in [-0.15, -0.1) is 0 Å². The number of imide groups is 1. The third-order valence-electron chi connectivity index (χ3n) is 1.02. The van der Waals surface area contributed by atoms with Crippen molar-refractivity contribution in [3.8, 4) is 0 Å². The van der Waals surface area contributed by atoms with Gasteiger partial charge in [0.1, 0.15) is 5.60 Å². The molecule has 0 aromatic heterocycles. The van der Waals surface area contributed by atoms with Crippen molar-refractivity contribution in [3.05, 3.63) is 0 Å². The van der Waals surface area contributed by atoms with Gasteiger partial charge < -0.3 is 10.5 Å².